The van der Waals surface area contributed by atoms with Crippen molar-refractivity contribution in [3.8, 4) is 0 Å². The van der Waals surface area contributed by atoms with E-state index in [1.165, 1.54) is 0 Å². The summed E-state index contributed by atoms with van der Waals surface area (Å²) in [6, 6.07) is 0.539. The smallest absolute Gasteiger partial charge is 0.0615 e. The van der Waals surface area contributed by atoms with Crippen molar-refractivity contribution in [3.05, 3.63) is 24.3 Å². The molecule has 14 heavy (non-hydrogen) atoms. The van der Waals surface area contributed by atoms with E-state index in [1.807, 2.05) is 6.20 Å². The van der Waals surface area contributed by atoms with Crippen LogP contribution in [0.4, 0.5) is 0 Å². The minimum absolute atomic E-state index is 0.470. The molecule has 3 nitrogen and oxygen atoms in total. The van der Waals surface area contributed by atoms with Crippen molar-refractivity contribution in [2.75, 3.05) is 6.54 Å². The molecule has 1 heterocycles. The van der Waals surface area contributed by atoms with Crippen molar-refractivity contribution in [2.45, 2.75) is 39.2 Å². The molecular weight excluding hydrogens is 174 g/mol. The SMILES string of the molecule is CCNC(C)CC(C)c1cnccn1. The van der Waals surface area contributed by atoms with Gasteiger partial charge >= 0.3 is 0 Å². The molecule has 0 radical (unpaired) electrons. The van der Waals surface area contributed by atoms with Crippen molar-refractivity contribution in [1.82, 2.24) is 15.3 Å². The van der Waals surface area contributed by atoms with Crippen LogP contribution >= 0.6 is 0 Å². The normalized spacial score (nSPS) is 15.1. The minimum atomic E-state index is 0.470. The summed E-state index contributed by atoms with van der Waals surface area (Å²) >= 11 is 0. The zero-order valence-electron chi connectivity index (χ0n) is 9.20. The number of nitrogens with one attached hydrogen (secondary N) is 1. The highest BCUT2D eigenvalue weighted by atomic mass is 14.9. The Balaban J connectivity index is 2.46. The molecule has 0 aliphatic carbocycles. The van der Waals surface area contributed by atoms with E-state index in [-0.39, 0.29) is 0 Å². The zero-order valence-corrected chi connectivity index (χ0v) is 9.20. The Morgan fingerprint density at radius 3 is 2.71 bits per heavy atom. The molecule has 0 saturated carbocycles. The summed E-state index contributed by atoms with van der Waals surface area (Å²) in [4.78, 5) is 8.38. The van der Waals surface area contributed by atoms with Gasteiger partial charge in [0.05, 0.1) is 5.69 Å². The van der Waals surface area contributed by atoms with Gasteiger partial charge in [-0.1, -0.05) is 13.8 Å². The summed E-state index contributed by atoms with van der Waals surface area (Å²) in [5.41, 5.74) is 1.08. The molecule has 0 bridgehead atoms. The van der Waals surface area contributed by atoms with Gasteiger partial charge in [0.15, 0.2) is 0 Å². The van der Waals surface area contributed by atoms with Crippen LogP contribution in [0.5, 0.6) is 0 Å². The Hall–Kier alpha value is -0.960. The van der Waals surface area contributed by atoms with E-state index in [4.69, 9.17) is 0 Å². The van der Waals surface area contributed by atoms with Gasteiger partial charge < -0.3 is 5.32 Å². The molecule has 0 spiro atoms. The number of hydrogen-bond acceptors (Lipinski definition) is 3. The summed E-state index contributed by atoms with van der Waals surface area (Å²) in [6.07, 6.45) is 6.42. The zero-order chi connectivity index (χ0) is 10.4. The van der Waals surface area contributed by atoms with Crippen molar-refractivity contribution in [2.24, 2.45) is 0 Å². The van der Waals surface area contributed by atoms with Gasteiger partial charge in [-0.25, -0.2) is 0 Å². The van der Waals surface area contributed by atoms with Gasteiger partial charge in [0.25, 0.3) is 0 Å². The van der Waals surface area contributed by atoms with Crippen LogP contribution in [0.15, 0.2) is 18.6 Å². The number of rotatable bonds is 5. The second kappa shape index (κ2) is 5.70. The lowest BCUT2D eigenvalue weighted by Gasteiger charge is -2.16. The summed E-state index contributed by atoms with van der Waals surface area (Å²) in [7, 11) is 0. The van der Waals surface area contributed by atoms with E-state index in [1.54, 1.807) is 12.4 Å². The largest absolute Gasteiger partial charge is 0.315 e. The Morgan fingerprint density at radius 1 is 1.36 bits per heavy atom. The van der Waals surface area contributed by atoms with E-state index >= 15 is 0 Å². The average molecular weight is 193 g/mol. The molecule has 2 atom stereocenters. The fourth-order valence-electron chi connectivity index (χ4n) is 1.65. The molecule has 0 saturated heterocycles. The van der Waals surface area contributed by atoms with E-state index in [2.05, 4.69) is 36.1 Å². The van der Waals surface area contributed by atoms with Crippen LogP contribution in [-0.4, -0.2) is 22.6 Å². The molecule has 3 heteroatoms. The molecule has 0 aliphatic rings. The molecule has 0 aliphatic heterocycles. The quantitative estimate of drug-likeness (QED) is 0.777. The third kappa shape index (κ3) is 3.42. The van der Waals surface area contributed by atoms with Crippen molar-refractivity contribution >= 4 is 0 Å². The highest BCUT2D eigenvalue weighted by Gasteiger charge is 2.10. The molecular formula is C11H19N3. The monoisotopic (exact) mass is 193 g/mol. The van der Waals surface area contributed by atoms with Crippen molar-refractivity contribution < 1.29 is 0 Å². The van der Waals surface area contributed by atoms with Crippen LogP contribution in [0, 0.1) is 0 Å². The summed E-state index contributed by atoms with van der Waals surface area (Å²) < 4.78 is 0. The Bertz CT molecular complexity index is 248. The first kappa shape index (κ1) is 11.1. The molecule has 1 rings (SSSR count). The standard InChI is InChI=1S/C11H19N3/c1-4-13-10(3)7-9(2)11-8-12-5-6-14-11/h5-6,8-10,13H,4,7H2,1-3H3. The first-order valence-electron chi connectivity index (χ1n) is 5.23. The maximum Gasteiger partial charge on any atom is 0.0615 e. The van der Waals surface area contributed by atoms with Crippen LogP contribution in [-0.2, 0) is 0 Å². The van der Waals surface area contributed by atoms with E-state index in [9.17, 15) is 0 Å². The second-order valence-electron chi connectivity index (χ2n) is 3.73. The van der Waals surface area contributed by atoms with Gasteiger partial charge in [0, 0.05) is 30.6 Å². The van der Waals surface area contributed by atoms with Crippen molar-refractivity contribution in [1.29, 1.82) is 0 Å². The second-order valence-corrected chi connectivity index (χ2v) is 3.73. The minimum Gasteiger partial charge on any atom is -0.315 e. The molecule has 0 fully saturated rings. The summed E-state index contributed by atoms with van der Waals surface area (Å²) in [5.74, 6) is 0.470. The summed E-state index contributed by atoms with van der Waals surface area (Å²) in [6.45, 7) is 7.55. The molecule has 1 N–H and O–H groups in total. The van der Waals surface area contributed by atoms with Gasteiger partial charge in [0.2, 0.25) is 0 Å². The molecule has 78 valence electrons. The fraction of sp³-hybridized carbons (Fsp3) is 0.636. The first-order valence-corrected chi connectivity index (χ1v) is 5.23. The Kier molecular flexibility index (Phi) is 4.53. The van der Waals surface area contributed by atoms with E-state index in [0.717, 1.165) is 18.7 Å². The fourth-order valence-corrected chi connectivity index (χ4v) is 1.65. The van der Waals surface area contributed by atoms with Crippen LogP contribution < -0.4 is 5.32 Å². The van der Waals surface area contributed by atoms with Gasteiger partial charge in [-0.15, -0.1) is 0 Å². The molecule has 1 aromatic heterocycles. The van der Waals surface area contributed by atoms with Gasteiger partial charge in [-0.2, -0.15) is 0 Å². The van der Waals surface area contributed by atoms with Gasteiger partial charge in [-0.05, 0) is 19.9 Å². The van der Waals surface area contributed by atoms with Gasteiger partial charge in [-0.3, -0.25) is 9.97 Å². The number of nitrogens with zero attached hydrogens (tertiary/aromatic N) is 2. The Morgan fingerprint density at radius 2 is 2.14 bits per heavy atom. The lowest BCUT2D eigenvalue weighted by atomic mass is 10.00. The highest BCUT2D eigenvalue weighted by molar-refractivity contribution is 5.02. The predicted molar refractivity (Wildman–Crippen MR) is 58.2 cm³/mol. The third-order valence-corrected chi connectivity index (χ3v) is 2.35. The topological polar surface area (TPSA) is 37.8 Å². The number of hydrogen-bond donors (Lipinski definition) is 1. The first-order chi connectivity index (χ1) is 6.74. The molecule has 0 aromatic carbocycles. The predicted octanol–water partition coefficient (Wildman–Crippen LogP) is 1.97. The van der Waals surface area contributed by atoms with Gasteiger partial charge in [0.1, 0.15) is 0 Å². The lowest BCUT2D eigenvalue weighted by Crippen LogP contribution is -2.27. The van der Waals surface area contributed by atoms with Crippen molar-refractivity contribution in [3.63, 3.8) is 0 Å². The van der Waals surface area contributed by atoms with E-state index < -0.39 is 0 Å². The molecule has 0 amide bonds. The maximum atomic E-state index is 4.30. The van der Waals surface area contributed by atoms with E-state index in [0.29, 0.717) is 12.0 Å². The third-order valence-electron chi connectivity index (χ3n) is 2.35. The lowest BCUT2D eigenvalue weighted by molar-refractivity contribution is 0.485. The summed E-state index contributed by atoms with van der Waals surface area (Å²) in [5, 5.41) is 3.40. The Labute approximate surface area is 86.0 Å². The van der Waals surface area contributed by atoms with Crippen LogP contribution in [0.25, 0.3) is 0 Å². The maximum absolute atomic E-state index is 4.30. The number of aromatic nitrogens is 2. The molecule has 2 unspecified atom stereocenters. The van der Waals surface area contributed by atoms with Crippen LogP contribution in [0.2, 0.25) is 0 Å². The van der Waals surface area contributed by atoms with Crippen LogP contribution in [0.1, 0.15) is 38.8 Å². The average Bonchev–Trinajstić information content (AvgIpc) is 2.19. The molecule has 1 aromatic rings. The highest BCUT2D eigenvalue weighted by Crippen LogP contribution is 2.16. The van der Waals surface area contributed by atoms with Crippen LogP contribution in [0.3, 0.4) is 0 Å².